The second-order valence-electron chi connectivity index (χ2n) is 7.10. The summed E-state index contributed by atoms with van der Waals surface area (Å²) in [5.41, 5.74) is 2.06. The van der Waals surface area contributed by atoms with E-state index >= 15 is 0 Å². The Morgan fingerprint density at radius 1 is 1.44 bits per heavy atom. The van der Waals surface area contributed by atoms with Crippen LogP contribution >= 0.6 is 0 Å². The number of aromatic nitrogens is 2. The molecule has 2 aromatic heterocycles. The van der Waals surface area contributed by atoms with Crippen LogP contribution in [-0.4, -0.2) is 41.1 Å². The van der Waals surface area contributed by atoms with E-state index in [9.17, 15) is 4.79 Å². The van der Waals surface area contributed by atoms with Crippen molar-refractivity contribution in [1.29, 1.82) is 0 Å². The number of carbonyl (C=O) groups excluding carboxylic acids is 1. The van der Waals surface area contributed by atoms with Crippen molar-refractivity contribution in [2.24, 2.45) is 5.92 Å². The summed E-state index contributed by atoms with van der Waals surface area (Å²) in [5.74, 6) is 1.96. The highest BCUT2D eigenvalue weighted by Crippen LogP contribution is 2.28. The number of hydrogen-bond donors (Lipinski definition) is 1. The second kappa shape index (κ2) is 7.68. The maximum absolute atomic E-state index is 12.8. The third kappa shape index (κ3) is 4.18. The molecule has 134 valence electrons. The minimum absolute atomic E-state index is 0.0601. The summed E-state index contributed by atoms with van der Waals surface area (Å²) >= 11 is 0. The summed E-state index contributed by atoms with van der Waals surface area (Å²) < 4.78 is 5.30. The average Bonchev–Trinajstić information content (AvgIpc) is 3.09. The molecule has 1 aliphatic rings. The molecule has 3 rings (SSSR count). The Hall–Kier alpha value is -2.37. The maximum Gasteiger partial charge on any atom is 0.292 e. The highest BCUT2D eigenvalue weighted by Gasteiger charge is 2.28. The largest absolute Gasteiger partial charge is 0.373 e. The van der Waals surface area contributed by atoms with Gasteiger partial charge in [0, 0.05) is 38.3 Å². The number of anilines is 1. The van der Waals surface area contributed by atoms with Crippen molar-refractivity contribution in [2.45, 2.75) is 39.0 Å². The van der Waals surface area contributed by atoms with Gasteiger partial charge in [-0.3, -0.25) is 4.79 Å². The van der Waals surface area contributed by atoms with E-state index in [0.717, 1.165) is 37.3 Å². The molecule has 6 heteroatoms. The fraction of sp³-hybridized carbons (Fsp3) is 0.526. The van der Waals surface area contributed by atoms with Gasteiger partial charge in [-0.1, -0.05) is 19.0 Å². The highest BCUT2D eigenvalue weighted by atomic mass is 16.5. The van der Waals surface area contributed by atoms with Gasteiger partial charge in [-0.2, -0.15) is 0 Å². The number of amides is 1. The van der Waals surface area contributed by atoms with Crippen LogP contribution in [0.25, 0.3) is 0 Å². The van der Waals surface area contributed by atoms with E-state index in [0.29, 0.717) is 24.1 Å². The molecule has 25 heavy (non-hydrogen) atoms. The van der Waals surface area contributed by atoms with Gasteiger partial charge >= 0.3 is 0 Å². The number of piperidine rings is 1. The number of nitrogens with zero attached hydrogens (tertiary/aromatic N) is 3. The van der Waals surface area contributed by atoms with Crippen LogP contribution in [0.3, 0.4) is 0 Å². The van der Waals surface area contributed by atoms with Crippen LogP contribution in [0.1, 0.15) is 54.4 Å². The molecule has 1 N–H and O–H groups in total. The third-order valence-corrected chi connectivity index (χ3v) is 4.61. The van der Waals surface area contributed by atoms with Crippen molar-refractivity contribution < 1.29 is 9.32 Å². The van der Waals surface area contributed by atoms with Crippen molar-refractivity contribution in [3.8, 4) is 0 Å². The SMILES string of the molecule is CNc1cc([C@H]2CCCN(C(=O)c3cc(CC(C)C)no3)C2)ccn1. The van der Waals surface area contributed by atoms with Gasteiger partial charge in [0.2, 0.25) is 5.76 Å². The van der Waals surface area contributed by atoms with Crippen LogP contribution in [0.4, 0.5) is 5.82 Å². The molecule has 0 radical (unpaired) electrons. The summed E-state index contributed by atoms with van der Waals surface area (Å²) in [7, 11) is 1.86. The summed E-state index contributed by atoms with van der Waals surface area (Å²) in [6.07, 6.45) is 4.70. The van der Waals surface area contributed by atoms with Crippen LogP contribution in [0.15, 0.2) is 28.9 Å². The Kier molecular flexibility index (Phi) is 5.36. The Morgan fingerprint density at radius 2 is 2.28 bits per heavy atom. The molecule has 0 aliphatic carbocycles. The number of rotatable bonds is 5. The van der Waals surface area contributed by atoms with Crippen LogP contribution < -0.4 is 5.32 Å². The normalized spacial score (nSPS) is 17.8. The molecule has 3 heterocycles. The number of likely N-dealkylation sites (tertiary alicyclic amines) is 1. The molecule has 0 unspecified atom stereocenters. The van der Waals surface area contributed by atoms with Crippen LogP contribution in [-0.2, 0) is 6.42 Å². The van der Waals surface area contributed by atoms with Gasteiger partial charge in [0.1, 0.15) is 5.82 Å². The van der Waals surface area contributed by atoms with E-state index in [2.05, 4.69) is 35.4 Å². The van der Waals surface area contributed by atoms with Gasteiger partial charge in [0.25, 0.3) is 5.91 Å². The third-order valence-electron chi connectivity index (χ3n) is 4.61. The average molecular weight is 342 g/mol. The molecule has 1 aliphatic heterocycles. The minimum atomic E-state index is -0.0601. The lowest BCUT2D eigenvalue weighted by Crippen LogP contribution is -2.39. The van der Waals surface area contributed by atoms with Crippen LogP contribution in [0, 0.1) is 5.92 Å². The lowest BCUT2D eigenvalue weighted by molar-refractivity contribution is 0.0665. The van der Waals surface area contributed by atoms with Crippen molar-refractivity contribution >= 4 is 11.7 Å². The van der Waals surface area contributed by atoms with Crippen LogP contribution in [0.2, 0.25) is 0 Å². The van der Waals surface area contributed by atoms with Gasteiger partial charge in [-0.15, -0.1) is 0 Å². The first kappa shape index (κ1) is 17.5. The first-order valence-electron chi connectivity index (χ1n) is 8.95. The zero-order valence-electron chi connectivity index (χ0n) is 15.2. The smallest absolute Gasteiger partial charge is 0.292 e. The van der Waals surface area contributed by atoms with Gasteiger partial charge in [-0.05, 0) is 42.9 Å². The first-order chi connectivity index (χ1) is 12.1. The fourth-order valence-corrected chi connectivity index (χ4v) is 3.35. The van der Waals surface area contributed by atoms with Crippen LogP contribution in [0.5, 0.6) is 0 Å². The van der Waals surface area contributed by atoms with Crippen molar-refractivity contribution in [3.05, 3.63) is 41.4 Å². The molecule has 6 nitrogen and oxygen atoms in total. The zero-order chi connectivity index (χ0) is 17.8. The van der Waals surface area contributed by atoms with E-state index in [1.54, 1.807) is 6.07 Å². The minimum Gasteiger partial charge on any atom is -0.373 e. The predicted molar refractivity (Wildman–Crippen MR) is 96.7 cm³/mol. The lowest BCUT2D eigenvalue weighted by Gasteiger charge is -2.32. The van der Waals surface area contributed by atoms with E-state index in [1.807, 2.05) is 24.2 Å². The van der Waals surface area contributed by atoms with Gasteiger partial charge in [-0.25, -0.2) is 4.98 Å². The molecular weight excluding hydrogens is 316 g/mol. The molecule has 1 fully saturated rings. The second-order valence-corrected chi connectivity index (χ2v) is 7.10. The summed E-state index contributed by atoms with van der Waals surface area (Å²) in [5, 5.41) is 7.10. The topological polar surface area (TPSA) is 71.3 Å². The molecule has 1 amide bonds. The number of pyridine rings is 1. The molecule has 0 saturated carbocycles. The Balaban J connectivity index is 1.70. The van der Waals surface area contributed by atoms with E-state index in [1.165, 1.54) is 5.56 Å². The fourth-order valence-electron chi connectivity index (χ4n) is 3.35. The number of nitrogens with one attached hydrogen (secondary N) is 1. The molecule has 0 bridgehead atoms. The molecular formula is C19H26N4O2. The standard InChI is InChI=1S/C19H26N4O2/c1-13(2)9-16-11-17(25-22-16)19(24)23-8-4-5-15(12-23)14-6-7-21-18(10-14)20-3/h6-7,10-11,13,15H,4-5,8-9,12H2,1-3H3,(H,20,21)/t15-/m0/s1. The van der Waals surface area contributed by atoms with Gasteiger partial charge in [0.15, 0.2) is 0 Å². The summed E-state index contributed by atoms with van der Waals surface area (Å²) in [4.78, 5) is 18.9. The van der Waals surface area contributed by atoms with Gasteiger partial charge < -0.3 is 14.7 Å². The first-order valence-corrected chi connectivity index (χ1v) is 8.95. The Morgan fingerprint density at radius 3 is 3.04 bits per heavy atom. The quantitative estimate of drug-likeness (QED) is 0.902. The van der Waals surface area contributed by atoms with E-state index in [-0.39, 0.29) is 5.91 Å². The molecule has 1 atom stereocenters. The Labute approximate surface area is 148 Å². The molecule has 0 spiro atoms. The monoisotopic (exact) mass is 342 g/mol. The molecule has 0 aromatic carbocycles. The number of hydrogen-bond acceptors (Lipinski definition) is 5. The zero-order valence-corrected chi connectivity index (χ0v) is 15.2. The lowest BCUT2D eigenvalue weighted by atomic mass is 9.91. The van der Waals surface area contributed by atoms with Crippen molar-refractivity contribution in [2.75, 3.05) is 25.5 Å². The number of carbonyl (C=O) groups is 1. The van der Waals surface area contributed by atoms with E-state index in [4.69, 9.17) is 4.52 Å². The highest BCUT2D eigenvalue weighted by molar-refractivity contribution is 5.91. The van der Waals surface area contributed by atoms with Crippen molar-refractivity contribution in [1.82, 2.24) is 15.0 Å². The summed E-state index contributed by atoms with van der Waals surface area (Å²) in [6, 6.07) is 5.89. The summed E-state index contributed by atoms with van der Waals surface area (Å²) in [6.45, 7) is 5.71. The Bertz CT molecular complexity index is 726. The molecule has 1 saturated heterocycles. The maximum atomic E-state index is 12.8. The van der Waals surface area contributed by atoms with Gasteiger partial charge in [0.05, 0.1) is 5.69 Å². The predicted octanol–water partition coefficient (Wildman–Crippen LogP) is 3.33. The molecule has 2 aromatic rings. The van der Waals surface area contributed by atoms with E-state index < -0.39 is 0 Å². The van der Waals surface area contributed by atoms with Crippen molar-refractivity contribution in [3.63, 3.8) is 0 Å².